The van der Waals surface area contributed by atoms with E-state index >= 15 is 0 Å². The van der Waals surface area contributed by atoms with Crippen molar-refractivity contribution in [3.05, 3.63) is 32.9 Å². The van der Waals surface area contributed by atoms with E-state index in [0.717, 1.165) is 0 Å². The van der Waals surface area contributed by atoms with Crippen molar-refractivity contribution >= 4 is 37.3 Å². The van der Waals surface area contributed by atoms with E-state index in [-0.39, 0.29) is 18.0 Å². The van der Waals surface area contributed by atoms with Gasteiger partial charge in [-0.25, -0.2) is 18.1 Å². The maximum Gasteiger partial charge on any atom is 0.242 e. The number of halogens is 1. The molecule has 2 aromatic heterocycles. The zero-order chi connectivity index (χ0) is 14.0. The molecule has 0 radical (unpaired) electrons. The van der Waals surface area contributed by atoms with Gasteiger partial charge in [0.2, 0.25) is 10.0 Å². The van der Waals surface area contributed by atoms with Gasteiger partial charge in [-0.2, -0.15) is 0 Å². The molecule has 0 aliphatic carbocycles. The molecule has 2 N–H and O–H groups in total. The van der Waals surface area contributed by atoms with Crippen LogP contribution in [0, 0.1) is 0 Å². The number of hydrogen-bond donors (Lipinski definition) is 2. The fraction of sp³-hybridized carbons (Fsp3) is 0.300. The molecule has 9 heteroatoms. The number of aliphatic hydroxyl groups excluding tert-OH is 1. The highest BCUT2D eigenvalue weighted by atomic mass is 79.9. The van der Waals surface area contributed by atoms with Crippen LogP contribution in [0.4, 0.5) is 0 Å². The molecular weight excluding hydrogens is 354 g/mol. The van der Waals surface area contributed by atoms with Crippen molar-refractivity contribution < 1.29 is 13.5 Å². The summed E-state index contributed by atoms with van der Waals surface area (Å²) in [5.41, 5.74) is 0. The number of aliphatic hydroxyl groups is 1. The third-order valence-corrected chi connectivity index (χ3v) is 6.13. The predicted molar refractivity (Wildman–Crippen MR) is 75.2 cm³/mol. The zero-order valence-electron chi connectivity index (χ0n) is 10.00. The lowest BCUT2D eigenvalue weighted by Crippen LogP contribution is -2.24. The summed E-state index contributed by atoms with van der Waals surface area (Å²) in [6.45, 7) is -0.0687. The smallest absolute Gasteiger partial charge is 0.242 e. The zero-order valence-corrected chi connectivity index (χ0v) is 13.2. The highest BCUT2D eigenvalue weighted by Gasteiger charge is 2.21. The van der Waals surface area contributed by atoms with E-state index < -0.39 is 10.0 Å². The lowest BCUT2D eigenvalue weighted by Gasteiger charge is -2.05. The molecule has 0 fully saturated rings. The Bertz CT molecular complexity index is 678. The minimum Gasteiger partial charge on any atom is -0.391 e. The number of rotatable bonds is 5. The van der Waals surface area contributed by atoms with E-state index in [1.165, 1.54) is 17.4 Å². The van der Waals surface area contributed by atoms with E-state index in [2.05, 4.69) is 25.6 Å². The number of thiophene rings is 1. The van der Waals surface area contributed by atoms with Gasteiger partial charge in [0, 0.05) is 24.3 Å². The third kappa shape index (κ3) is 3.23. The molecule has 2 heterocycles. The van der Waals surface area contributed by atoms with Crippen molar-refractivity contribution in [2.45, 2.75) is 18.0 Å². The molecule has 0 saturated carbocycles. The molecule has 2 rings (SSSR count). The SMILES string of the molecule is Cn1ccnc1CNS(=O)(=O)c1cc(CO)sc1Br. The average molecular weight is 366 g/mol. The molecule has 0 aromatic carbocycles. The van der Waals surface area contributed by atoms with Gasteiger partial charge >= 0.3 is 0 Å². The Morgan fingerprint density at radius 2 is 2.32 bits per heavy atom. The first-order chi connectivity index (χ1) is 8.94. The number of sulfonamides is 1. The van der Waals surface area contributed by atoms with Crippen LogP contribution in [0.15, 0.2) is 27.1 Å². The second-order valence-corrected chi connectivity index (χ2v) is 7.98. The molecule has 19 heavy (non-hydrogen) atoms. The molecular formula is C10H12BrN3O3S2. The minimum atomic E-state index is -3.62. The third-order valence-electron chi connectivity index (χ3n) is 2.49. The van der Waals surface area contributed by atoms with E-state index in [9.17, 15) is 8.42 Å². The van der Waals surface area contributed by atoms with E-state index in [1.807, 2.05) is 0 Å². The predicted octanol–water partition coefficient (Wildman–Crippen LogP) is 1.21. The lowest BCUT2D eigenvalue weighted by atomic mass is 10.5. The van der Waals surface area contributed by atoms with Crippen molar-refractivity contribution in [3.63, 3.8) is 0 Å². The summed E-state index contributed by atoms with van der Waals surface area (Å²) in [6, 6.07) is 1.45. The Labute approximate surface area is 123 Å². The Morgan fingerprint density at radius 1 is 1.58 bits per heavy atom. The van der Waals surface area contributed by atoms with Gasteiger partial charge in [-0.1, -0.05) is 0 Å². The van der Waals surface area contributed by atoms with Crippen molar-refractivity contribution in [3.8, 4) is 0 Å². The molecule has 0 aliphatic rings. The standard InChI is InChI=1S/C10H12BrN3O3S2/c1-14-3-2-12-9(14)5-13-19(16,17)8-4-7(6-15)18-10(8)11/h2-4,13,15H,5-6H2,1H3. The van der Waals surface area contributed by atoms with Gasteiger partial charge < -0.3 is 9.67 Å². The normalized spacial score (nSPS) is 11.9. The molecule has 6 nitrogen and oxygen atoms in total. The van der Waals surface area contributed by atoms with Gasteiger partial charge in [-0.3, -0.25) is 0 Å². The second kappa shape index (κ2) is 5.71. The Kier molecular flexibility index (Phi) is 4.41. The Hall–Kier alpha value is -0.740. The van der Waals surface area contributed by atoms with Crippen molar-refractivity contribution in [2.24, 2.45) is 7.05 Å². The molecule has 104 valence electrons. The van der Waals surface area contributed by atoms with Crippen LogP contribution in [0.1, 0.15) is 10.7 Å². The van der Waals surface area contributed by atoms with Crippen molar-refractivity contribution in [1.82, 2.24) is 14.3 Å². The average Bonchev–Trinajstić information content (AvgIpc) is 2.93. The van der Waals surface area contributed by atoms with Crippen LogP contribution in [-0.4, -0.2) is 23.1 Å². The van der Waals surface area contributed by atoms with Crippen LogP contribution in [0.25, 0.3) is 0 Å². The summed E-state index contributed by atoms with van der Waals surface area (Å²) >= 11 is 4.39. The molecule has 0 atom stereocenters. The van der Waals surface area contributed by atoms with Gasteiger partial charge in [-0.05, 0) is 22.0 Å². The molecule has 0 unspecified atom stereocenters. The highest BCUT2D eigenvalue weighted by Crippen LogP contribution is 2.31. The lowest BCUT2D eigenvalue weighted by molar-refractivity contribution is 0.285. The second-order valence-electron chi connectivity index (χ2n) is 3.79. The quantitative estimate of drug-likeness (QED) is 0.833. The summed E-state index contributed by atoms with van der Waals surface area (Å²) in [5.74, 6) is 0.623. The summed E-state index contributed by atoms with van der Waals surface area (Å²) in [6.07, 6.45) is 3.35. The fourth-order valence-corrected chi connectivity index (χ4v) is 4.98. The largest absolute Gasteiger partial charge is 0.391 e. The van der Waals surface area contributed by atoms with E-state index in [0.29, 0.717) is 14.5 Å². The highest BCUT2D eigenvalue weighted by molar-refractivity contribution is 9.11. The minimum absolute atomic E-state index is 0.114. The first-order valence-electron chi connectivity index (χ1n) is 5.29. The molecule has 0 aliphatic heterocycles. The Balaban J connectivity index is 2.18. The number of imidazole rings is 1. The summed E-state index contributed by atoms with van der Waals surface area (Å²) in [4.78, 5) is 4.77. The number of nitrogens with zero attached hydrogens (tertiary/aromatic N) is 2. The molecule has 0 saturated heterocycles. The number of aromatic nitrogens is 2. The van der Waals surface area contributed by atoms with E-state index in [4.69, 9.17) is 5.11 Å². The van der Waals surface area contributed by atoms with Crippen LogP contribution < -0.4 is 4.72 Å². The summed E-state index contributed by atoms with van der Waals surface area (Å²) in [7, 11) is -1.83. The van der Waals surface area contributed by atoms with Gasteiger partial charge in [0.1, 0.15) is 10.7 Å². The first kappa shape index (κ1) is 14.7. The topological polar surface area (TPSA) is 84.2 Å². The number of hydrogen-bond acceptors (Lipinski definition) is 5. The van der Waals surface area contributed by atoms with Crippen LogP contribution in [0.5, 0.6) is 0 Å². The summed E-state index contributed by atoms with van der Waals surface area (Å²) in [5, 5.41) is 9.02. The van der Waals surface area contributed by atoms with Crippen LogP contribution >= 0.6 is 27.3 Å². The Morgan fingerprint density at radius 3 is 2.84 bits per heavy atom. The number of aryl methyl sites for hydroxylation is 1. The van der Waals surface area contributed by atoms with Crippen LogP contribution in [0.3, 0.4) is 0 Å². The van der Waals surface area contributed by atoms with Gasteiger partial charge in [-0.15, -0.1) is 11.3 Å². The van der Waals surface area contributed by atoms with Gasteiger partial charge in [0.15, 0.2) is 0 Å². The number of nitrogens with one attached hydrogen (secondary N) is 1. The summed E-state index contributed by atoms with van der Waals surface area (Å²) < 4.78 is 29.0. The maximum atomic E-state index is 12.1. The fourth-order valence-electron chi connectivity index (χ4n) is 1.46. The molecule has 2 aromatic rings. The molecule has 0 bridgehead atoms. The molecule has 0 amide bonds. The molecule has 0 spiro atoms. The van der Waals surface area contributed by atoms with Crippen LogP contribution in [0.2, 0.25) is 0 Å². The van der Waals surface area contributed by atoms with Crippen molar-refractivity contribution in [1.29, 1.82) is 0 Å². The van der Waals surface area contributed by atoms with Crippen molar-refractivity contribution in [2.75, 3.05) is 0 Å². The van der Waals surface area contributed by atoms with E-state index in [1.54, 1.807) is 24.0 Å². The van der Waals surface area contributed by atoms with Gasteiger partial charge in [0.25, 0.3) is 0 Å². The van der Waals surface area contributed by atoms with Crippen LogP contribution in [-0.2, 0) is 30.2 Å². The first-order valence-corrected chi connectivity index (χ1v) is 8.38. The maximum absolute atomic E-state index is 12.1. The monoisotopic (exact) mass is 365 g/mol. The van der Waals surface area contributed by atoms with Gasteiger partial charge in [0.05, 0.1) is 16.9 Å².